The van der Waals surface area contributed by atoms with Crippen molar-refractivity contribution >= 4 is 5.96 Å². The molecule has 0 atom stereocenters. The second kappa shape index (κ2) is 8.36. The van der Waals surface area contributed by atoms with Gasteiger partial charge in [0.1, 0.15) is 5.76 Å². The molecule has 1 saturated heterocycles. The summed E-state index contributed by atoms with van der Waals surface area (Å²) in [6, 6.07) is 1.91. The molecule has 1 aliphatic heterocycles. The third-order valence-corrected chi connectivity index (χ3v) is 3.73. The molecule has 9 heteroatoms. The van der Waals surface area contributed by atoms with E-state index in [-0.39, 0.29) is 6.54 Å². The molecule has 1 fully saturated rings. The van der Waals surface area contributed by atoms with Gasteiger partial charge in [-0.3, -0.25) is 9.89 Å². The molecule has 0 spiro atoms. The van der Waals surface area contributed by atoms with Crippen LogP contribution in [-0.2, 0) is 6.54 Å². The zero-order chi connectivity index (χ0) is 17.6. The van der Waals surface area contributed by atoms with Crippen LogP contribution >= 0.6 is 0 Å². The van der Waals surface area contributed by atoms with E-state index >= 15 is 0 Å². The van der Waals surface area contributed by atoms with Crippen molar-refractivity contribution in [3.05, 3.63) is 17.5 Å². The van der Waals surface area contributed by atoms with Crippen molar-refractivity contribution in [3.63, 3.8) is 0 Å². The highest BCUT2D eigenvalue weighted by Gasteiger charge is 2.27. The van der Waals surface area contributed by atoms with Crippen molar-refractivity contribution in [2.75, 3.05) is 39.3 Å². The Labute approximate surface area is 139 Å². The predicted octanol–water partition coefficient (Wildman–Crippen LogP) is 2.02. The minimum atomic E-state index is -4.17. The molecule has 1 aromatic heterocycles. The summed E-state index contributed by atoms with van der Waals surface area (Å²) in [6.07, 6.45) is -5.07. The van der Waals surface area contributed by atoms with Crippen LogP contribution in [0.15, 0.2) is 15.6 Å². The summed E-state index contributed by atoms with van der Waals surface area (Å²) >= 11 is 0. The first-order valence-corrected chi connectivity index (χ1v) is 8.12. The number of aryl methyl sites for hydroxylation is 1. The Morgan fingerprint density at radius 3 is 2.58 bits per heavy atom. The quantitative estimate of drug-likeness (QED) is 0.652. The van der Waals surface area contributed by atoms with Gasteiger partial charge in [-0.2, -0.15) is 13.2 Å². The van der Waals surface area contributed by atoms with Gasteiger partial charge >= 0.3 is 6.18 Å². The number of hydrogen-bond donors (Lipinski definition) is 1. The van der Waals surface area contributed by atoms with Crippen LogP contribution in [0.1, 0.15) is 24.8 Å². The maximum absolute atomic E-state index is 12.3. The zero-order valence-corrected chi connectivity index (χ0v) is 14.1. The number of nitrogens with one attached hydrogen (secondary N) is 1. The second-order valence-corrected chi connectivity index (χ2v) is 5.79. The van der Waals surface area contributed by atoms with Crippen molar-refractivity contribution in [1.82, 2.24) is 20.3 Å². The standard InChI is InChI=1S/C15H24F3N5O/c1-3-19-14(20-5-4-15(16,17)18)23-8-6-22(7-9-23)11-13-10-12(2)24-21-13/h10H,3-9,11H2,1-2H3,(H,19,20). The second-order valence-electron chi connectivity index (χ2n) is 5.79. The Hall–Kier alpha value is -1.77. The van der Waals surface area contributed by atoms with Gasteiger partial charge in [-0.1, -0.05) is 5.16 Å². The Kier molecular flexibility index (Phi) is 6.47. The number of hydrogen-bond acceptors (Lipinski definition) is 4. The van der Waals surface area contributed by atoms with E-state index in [0.717, 1.165) is 24.5 Å². The molecule has 1 aliphatic rings. The molecule has 136 valence electrons. The van der Waals surface area contributed by atoms with Crippen LogP contribution in [0.2, 0.25) is 0 Å². The Bertz CT molecular complexity index is 535. The number of alkyl halides is 3. The van der Waals surface area contributed by atoms with Gasteiger partial charge in [0.25, 0.3) is 0 Å². The fourth-order valence-corrected chi connectivity index (χ4v) is 2.55. The molecule has 1 N–H and O–H groups in total. The monoisotopic (exact) mass is 347 g/mol. The molecule has 6 nitrogen and oxygen atoms in total. The van der Waals surface area contributed by atoms with Crippen LogP contribution in [0.25, 0.3) is 0 Å². The number of halogens is 3. The lowest BCUT2D eigenvalue weighted by molar-refractivity contribution is -0.132. The molecule has 24 heavy (non-hydrogen) atoms. The fourth-order valence-electron chi connectivity index (χ4n) is 2.55. The zero-order valence-electron chi connectivity index (χ0n) is 14.1. The molecular weight excluding hydrogens is 323 g/mol. The molecule has 2 rings (SSSR count). The summed E-state index contributed by atoms with van der Waals surface area (Å²) in [4.78, 5) is 8.35. The molecule has 0 amide bonds. The topological polar surface area (TPSA) is 56.9 Å². The summed E-state index contributed by atoms with van der Waals surface area (Å²) in [6.45, 7) is 7.89. The molecule has 0 radical (unpaired) electrons. The van der Waals surface area contributed by atoms with Gasteiger partial charge in [0, 0.05) is 45.3 Å². The predicted molar refractivity (Wildman–Crippen MR) is 84.7 cm³/mol. The van der Waals surface area contributed by atoms with Gasteiger partial charge in [-0.05, 0) is 13.8 Å². The van der Waals surface area contributed by atoms with E-state index < -0.39 is 12.6 Å². The lowest BCUT2D eigenvalue weighted by Crippen LogP contribution is -2.52. The van der Waals surface area contributed by atoms with Gasteiger partial charge in [-0.25, -0.2) is 0 Å². The first-order valence-electron chi connectivity index (χ1n) is 8.12. The third-order valence-electron chi connectivity index (χ3n) is 3.73. The molecular formula is C15H24F3N5O. The molecule has 0 aromatic carbocycles. The molecule has 0 saturated carbocycles. The van der Waals surface area contributed by atoms with Crippen LogP contribution in [0, 0.1) is 6.92 Å². The van der Waals surface area contributed by atoms with Crippen molar-refractivity contribution < 1.29 is 17.7 Å². The van der Waals surface area contributed by atoms with E-state index in [1.54, 1.807) is 0 Å². The summed E-state index contributed by atoms with van der Waals surface area (Å²) in [5.41, 5.74) is 0.895. The highest BCUT2D eigenvalue weighted by Crippen LogP contribution is 2.19. The van der Waals surface area contributed by atoms with Gasteiger partial charge < -0.3 is 14.7 Å². The number of aromatic nitrogens is 1. The first kappa shape index (κ1) is 18.6. The van der Waals surface area contributed by atoms with E-state index in [1.807, 2.05) is 24.8 Å². The first-order chi connectivity index (χ1) is 11.4. The number of guanidine groups is 1. The highest BCUT2D eigenvalue weighted by molar-refractivity contribution is 5.80. The Morgan fingerprint density at radius 1 is 1.33 bits per heavy atom. The summed E-state index contributed by atoms with van der Waals surface area (Å²) < 4.78 is 41.9. The van der Waals surface area contributed by atoms with Gasteiger partial charge in [0.15, 0.2) is 5.96 Å². The minimum absolute atomic E-state index is 0.246. The molecule has 0 bridgehead atoms. The van der Waals surface area contributed by atoms with E-state index in [2.05, 4.69) is 20.4 Å². The van der Waals surface area contributed by atoms with Crippen LogP contribution < -0.4 is 5.32 Å². The molecule has 1 aromatic rings. The molecule has 0 aliphatic carbocycles. The van der Waals surface area contributed by atoms with Crippen LogP contribution in [-0.4, -0.2) is 66.4 Å². The van der Waals surface area contributed by atoms with Crippen molar-refractivity contribution in [2.45, 2.75) is 33.0 Å². The fraction of sp³-hybridized carbons (Fsp3) is 0.733. The number of nitrogens with zero attached hydrogens (tertiary/aromatic N) is 4. The van der Waals surface area contributed by atoms with E-state index in [1.165, 1.54) is 0 Å². The summed E-state index contributed by atoms with van der Waals surface area (Å²) in [7, 11) is 0. The van der Waals surface area contributed by atoms with E-state index in [0.29, 0.717) is 32.1 Å². The largest absolute Gasteiger partial charge is 0.390 e. The smallest absolute Gasteiger partial charge is 0.361 e. The minimum Gasteiger partial charge on any atom is -0.361 e. The van der Waals surface area contributed by atoms with Crippen LogP contribution in [0.5, 0.6) is 0 Å². The summed E-state index contributed by atoms with van der Waals surface area (Å²) in [5, 5.41) is 7.05. The van der Waals surface area contributed by atoms with Crippen molar-refractivity contribution in [3.8, 4) is 0 Å². The van der Waals surface area contributed by atoms with Crippen molar-refractivity contribution in [2.24, 2.45) is 4.99 Å². The number of piperazine rings is 1. The average molecular weight is 347 g/mol. The maximum Gasteiger partial charge on any atom is 0.390 e. The maximum atomic E-state index is 12.3. The van der Waals surface area contributed by atoms with E-state index in [4.69, 9.17) is 4.52 Å². The van der Waals surface area contributed by atoms with Crippen molar-refractivity contribution in [1.29, 1.82) is 0 Å². The third kappa shape index (κ3) is 6.03. The molecule has 0 unspecified atom stereocenters. The normalized spacial score (nSPS) is 17.4. The lowest BCUT2D eigenvalue weighted by Gasteiger charge is -2.36. The highest BCUT2D eigenvalue weighted by atomic mass is 19.4. The SMILES string of the molecule is CCNC(=NCCC(F)(F)F)N1CCN(Cc2cc(C)on2)CC1. The van der Waals surface area contributed by atoms with Crippen LogP contribution in [0.3, 0.4) is 0 Å². The molecule has 2 heterocycles. The summed E-state index contributed by atoms with van der Waals surface area (Å²) in [5.74, 6) is 1.34. The lowest BCUT2D eigenvalue weighted by atomic mass is 10.3. The van der Waals surface area contributed by atoms with Crippen LogP contribution in [0.4, 0.5) is 13.2 Å². The Morgan fingerprint density at radius 2 is 2.04 bits per heavy atom. The van der Waals surface area contributed by atoms with Gasteiger partial charge in [0.05, 0.1) is 18.7 Å². The van der Waals surface area contributed by atoms with E-state index in [9.17, 15) is 13.2 Å². The Balaban J connectivity index is 1.84. The number of aliphatic imine (C=N–C) groups is 1. The number of rotatable bonds is 5. The van der Waals surface area contributed by atoms with Gasteiger partial charge in [0.2, 0.25) is 0 Å². The van der Waals surface area contributed by atoms with Gasteiger partial charge in [-0.15, -0.1) is 0 Å². The average Bonchev–Trinajstić information content (AvgIpc) is 2.91.